The summed E-state index contributed by atoms with van der Waals surface area (Å²) in [5.41, 5.74) is 1.56. The molecule has 1 unspecified atom stereocenters. The summed E-state index contributed by atoms with van der Waals surface area (Å²) >= 11 is 3.08. The Labute approximate surface area is 122 Å². The van der Waals surface area contributed by atoms with Gasteiger partial charge in [0.25, 0.3) is 0 Å². The molecule has 0 fully saturated rings. The highest BCUT2D eigenvalue weighted by Gasteiger charge is 2.21. The summed E-state index contributed by atoms with van der Waals surface area (Å²) in [5, 5.41) is 8.70. The van der Waals surface area contributed by atoms with Gasteiger partial charge in [0.1, 0.15) is 0 Å². The zero-order valence-corrected chi connectivity index (χ0v) is 12.5. The molecule has 6 nitrogen and oxygen atoms in total. The first-order valence-corrected chi connectivity index (χ1v) is 6.80. The SMILES string of the molecule is Cn1c(=O)n(C)c2cc(C(=O)C(Br)CC(=O)O)ccc21. The zero-order chi connectivity index (χ0) is 15.0. The lowest BCUT2D eigenvalue weighted by Crippen LogP contribution is -2.19. The second-order valence-corrected chi connectivity index (χ2v) is 5.64. The third kappa shape index (κ3) is 2.40. The fourth-order valence-corrected chi connectivity index (χ4v) is 2.63. The average Bonchev–Trinajstić information content (AvgIpc) is 2.62. The molecule has 1 N–H and O–H groups in total. The Morgan fingerprint density at radius 3 is 2.45 bits per heavy atom. The molecule has 1 heterocycles. The van der Waals surface area contributed by atoms with Crippen LogP contribution < -0.4 is 5.69 Å². The van der Waals surface area contributed by atoms with E-state index < -0.39 is 10.8 Å². The lowest BCUT2D eigenvalue weighted by atomic mass is 10.1. The molecule has 0 spiro atoms. The fraction of sp³-hybridized carbons (Fsp3) is 0.308. The second-order valence-electron chi connectivity index (χ2n) is 4.53. The smallest absolute Gasteiger partial charge is 0.328 e. The number of alkyl halides is 1. The third-order valence-electron chi connectivity index (χ3n) is 3.19. The average molecular weight is 341 g/mol. The molecule has 0 aliphatic carbocycles. The summed E-state index contributed by atoms with van der Waals surface area (Å²) in [7, 11) is 3.28. The number of Topliss-reactive ketones (excluding diaryl/α,β-unsaturated/α-hetero) is 1. The van der Waals surface area contributed by atoms with Crippen LogP contribution in [-0.4, -0.2) is 30.8 Å². The highest BCUT2D eigenvalue weighted by Crippen LogP contribution is 2.18. The number of halogens is 1. The first-order valence-electron chi connectivity index (χ1n) is 5.88. The Morgan fingerprint density at radius 2 is 1.85 bits per heavy atom. The van der Waals surface area contributed by atoms with Crippen molar-refractivity contribution in [2.75, 3.05) is 0 Å². The molecule has 20 heavy (non-hydrogen) atoms. The Kier molecular flexibility index (Phi) is 3.80. The van der Waals surface area contributed by atoms with Crippen molar-refractivity contribution in [3.63, 3.8) is 0 Å². The summed E-state index contributed by atoms with van der Waals surface area (Å²) in [6.45, 7) is 0. The molecule has 1 atom stereocenters. The van der Waals surface area contributed by atoms with E-state index in [1.807, 2.05) is 0 Å². The molecule has 2 rings (SSSR count). The summed E-state index contributed by atoms with van der Waals surface area (Å²) in [5.74, 6) is -1.36. The van der Waals surface area contributed by atoms with Crippen LogP contribution in [0.25, 0.3) is 11.0 Å². The van der Waals surface area contributed by atoms with Crippen molar-refractivity contribution in [3.8, 4) is 0 Å². The van der Waals surface area contributed by atoms with Gasteiger partial charge < -0.3 is 5.11 Å². The van der Waals surface area contributed by atoms with E-state index in [-0.39, 0.29) is 17.9 Å². The lowest BCUT2D eigenvalue weighted by Gasteiger charge is -2.06. The van der Waals surface area contributed by atoms with Gasteiger partial charge in [0, 0.05) is 19.7 Å². The summed E-state index contributed by atoms with van der Waals surface area (Å²) in [6, 6.07) is 4.89. The van der Waals surface area contributed by atoms with Crippen molar-refractivity contribution >= 4 is 38.7 Å². The van der Waals surface area contributed by atoms with Crippen molar-refractivity contribution in [2.45, 2.75) is 11.2 Å². The number of aliphatic carboxylic acids is 1. The van der Waals surface area contributed by atoms with E-state index in [2.05, 4.69) is 15.9 Å². The van der Waals surface area contributed by atoms with E-state index in [1.165, 1.54) is 9.13 Å². The van der Waals surface area contributed by atoms with E-state index in [4.69, 9.17) is 5.11 Å². The number of hydrogen-bond acceptors (Lipinski definition) is 3. The zero-order valence-electron chi connectivity index (χ0n) is 11.0. The molecule has 0 bridgehead atoms. The number of hydrogen-bond donors (Lipinski definition) is 1. The number of carboxylic acid groups (broad SMARTS) is 1. The van der Waals surface area contributed by atoms with Gasteiger partial charge in [0.05, 0.1) is 22.3 Å². The number of imidazole rings is 1. The van der Waals surface area contributed by atoms with Gasteiger partial charge in [-0.3, -0.25) is 18.7 Å². The Bertz CT molecular complexity index is 760. The largest absolute Gasteiger partial charge is 0.481 e. The maximum absolute atomic E-state index is 12.1. The molecule has 1 aromatic heterocycles. The topological polar surface area (TPSA) is 81.3 Å². The number of nitrogens with zero attached hydrogens (tertiary/aromatic N) is 2. The van der Waals surface area contributed by atoms with E-state index >= 15 is 0 Å². The minimum Gasteiger partial charge on any atom is -0.481 e. The number of ketones is 1. The third-order valence-corrected chi connectivity index (χ3v) is 3.93. The summed E-state index contributed by atoms with van der Waals surface area (Å²) < 4.78 is 2.94. The van der Waals surface area contributed by atoms with Crippen LogP contribution in [0, 0.1) is 0 Å². The number of rotatable bonds is 4. The van der Waals surface area contributed by atoms with Crippen LogP contribution in [0.3, 0.4) is 0 Å². The molecule has 0 amide bonds. The normalized spacial score (nSPS) is 12.6. The van der Waals surface area contributed by atoms with Gasteiger partial charge in [-0.25, -0.2) is 4.79 Å². The van der Waals surface area contributed by atoms with Gasteiger partial charge in [-0.1, -0.05) is 15.9 Å². The summed E-state index contributed by atoms with van der Waals surface area (Å²) in [4.78, 5) is 33.8. The second kappa shape index (κ2) is 5.24. The van der Waals surface area contributed by atoms with Crippen molar-refractivity contribution in [1.29, 1.82) is 0 Å². The molecular formula is C13H13BrN2O4. The fourth-order valence-electron chi connectivity index (χ4n) is 2.09. The Balaban J connectivity index is 2.47. The van der Waals surface area contributed by atoms with Gasteiger partial charge in [0.2, 0.25) is 0 Å². The molecule has 0 radical (unpaired) electrons. The minimum absolute atomic E-state index is 0.175. The molecule has 2 aromatic rings. The monoisotopic (exact) mass is 340 g/mol. The number of benzene rings is 1. The number of aromatic nitrogens is 2. The first kappa shape index (κ1) is 14.5. The van der Waals surface area contributed by atoms with Crippen LogP contribution in [0.1, 0.15) is 16.8 Å². The predicted molar refractivity (Wildman–Crippen MR) is 77.5 cm³/mol. The van der Waals surface area contributed by atoms with Crippen LogP contribution in [0.4, 0.5) is 0 Å². The van der Waals surface area contributed by atoms with Crippen LogP contribution in [-0.2, 0) is 18.9 Å². The predicted octanol–water partition coefficient (Wildman–Crippen LogP) is 1.30. The Hall–Kier alpha value is -1.89. The van der Waals surface area contributed by atoms with Gasteiger partial charge in [0.15, 0.2) is 5.78 Å². The van der Waals surface area contributed by atoms with Crippen LogP contribution in [0.15, 0.2) is 23.0 Å². The number of carboxylic acids is 1. The van der Waals surface area contributed by atoms with Crippen molar-refractivity contribution in [2.24, 2.45) is 14.1 Å². The quantitative estimate of drug-likeness (QED) is 0.671. The van der Waals surface area contributed by atoms with Gasteiger partial charge in [-0.15, -0.1) is 0 Å². The van der Waals surface area contributed by atoms with Crippen LogP contribution in [0.5, 0.6) is 0 Å². The molecule has 0 aliphatic heterocycles. The van der Waals surface area contributed by atoms with E-state index in [9.17, 15) is 14.4 Å². The molecule has 0 saturated carbocycles. The lowest BCUT2D eigenvalue weighted by molar-refractivity contribution is -0.136. The number of carbonyl (C=O) groups is 2. The summed E-state index contributed by atoms with van der Waals surface area (Å²) in [6.07, 6.45) is -0.287. The van der Waals surface area contributed by atoms with Crippen molar-refractivity contribution in [1.82, 2.24) is 9.13 Å². The van der Waals surface area contributed by atoms with E-state index in [0.717, 1.165) is 5.52 Å². The number of fused-ring (bicyclic) bond motifs is 1. The number of aryl methyl sites for hydroxylation is 2. The molecule has 1 aromatic carbocycles. The van der Waals surface area contributed by atoms with Crippen LogP contribution in [0.2, 0.25) is 0 Å². The maximum atomic E-state index is 12.1. The first-order chi connectivity index (χ1) is 9.32. The van der Waals surface area contributed by atoms with Crippen molar-refractivity contribution in [3.05, 3.63) is 34.2 Å². The molecule has 7 heteroatoms. The van der Waals surface area contributed by atoms with Gasteiger partial charge >= 0.3 is 11.7 Å². The van der Waals surface area contributed by atoms with Gasteiger partial charge in [-0.05, 0) is 18.2 Å². The van der Waals surface area contributed by atoms with E-state index in [1.54, 1.807) is 32.3 Å². The standard InChI is InChI=1S/C13H13BrN2O4/c1-15-9-4-3-7(5-10(9)16(2)13(15)20)12(19)8(14)6-11(17)18/h3-5,8H,6H2,1-2H3,(H,17,18). The maximum Gasteiger partial charge on any atom is 0.328 e. The van der Waals surface area contributed by atoms with E-state index in [0.29, 0.717) is 11.1 Å². The van der Waals surface area contributed by atoms with Crippen molar-refractivity contribution < 1.29 is 14.7 Å². The molecule has 0 aliphatic rings. The highest BCUT2D eigenvalue weighted by atomic mass is 79.9. The molecular weight excluding hydrogens is 328 g/mol. The van der Waals surface area contributed by atoms with Crippen LogP contribution >= 0.6 is 15.9 Å². The number of carbonyl (C=O) groups excluding carboxylic acids is 1. The molecule has 106 valence electrons. The van der Waals surface area contributed by atoms with Gasteiger partial charge in [-0.2, -0.15) is 0 Å². The Morgan fingerprint density at radius 1 is 1.25 bits per heavy atom. The minimum atomic E-state index is -1.05. The highest BCUT2D eigenvalue weighted by molar-refractivity contribution is 9.10. The molecule has 0 saturated heterocycles.